The third-order valence-corrected chi connectivity index (χ3v) is 4.24. The number of nitriles is 1. The van der Waals surface area contributed by atoms with E-state index < -0.39 is 23.3 Å². The van der Waals surface area contributed by atoms with E-state index in [0.29, 0.717) is 6.07 Å². The Bertz CT molecular complexity index is 1020. The van der Waals surface area contributed by atoms with E-state index in [-0.39, 0.29) is 35.1 Å². The van der Waals surface area contributed by atoms with E-state index in [1.54, 1.807) is 6.07 Å². The SMILES string of the molecule is CC1=C(OCc2ccccc2)C(=O)C(c2ccc(F)cc2F)C(C#N)=C(N)O1. The van der Waals surface area contributed by atoms with E-state index >= 15 is 0 Å². The van der Waals surface area contributed by atoms with Crippen LogP contribution in [0.15, 0.2) is 71.5 Å². The number of nitrogens with zero attached hydrogens (tertiary/aromatic N) is 1. The lowest BCUT2D eigenvalue weighted by Crippen LogP contribution is -2.20. The van der Waals surface area contributed by atoms with Crippen LogP contribution >= 0.6 is 0 Å². The molecule has 0 saturated carbocycles. The van der Waals surface area contributed by atoms with Crippen LogP contribution in [0.5, 0.6) is 0 Å². The highest BCUT2D eigenvalue weighted by Crippen LogP contribution is 2.35. The number of carbonyl (C=O) groups is 1. The summed E-state index contributed by atoms with van der Waals surface area (Å²) >= 11 is 0. The first-order chi connectivity index (χ1) is 13.4. The maximum Gasteiger partial charge on any atom is 0.213 e. The average molecular weight is 382 g/mol. The van der Waals surface area contributed by atoms with E-state index in [2.05, 4.69) is 0 Å². The van der Waals surface area contributed by atoms with Gasteiger partial charge in [-0.15, -0.1) is 0 Å². The zero-order valence-corrected chi connectivity index (χ0v) is 14.9. The first-order valence-electron chi connectivity index (χ1n) is 8.36. The summed E-state index contributed by atoms with van der Waals surface area (Å²) in [6, 6.07) is 13.6. The van der Waals surface area contributed by atoms with Gasteiger partial charge in [0.15, 0.2) is 0 Å². The zero-order valence-electron chi connectivity index (χ0n) is 14.9. The Morgan fingerprint density at radius 3 is 2.57 bits per heavy atom. The number of hydrogen-bond acceptors (Lipinski definition) is 5. The quantitative estimate of drug-likeness (QED) is 0.870. The summed E-state index contributed by atoms with van der Waals surface area (Å²) in [7, 11) is 0. The van der Waals surface area contributed by atoms with Crippen LogP contribution < -0.4 is 5.73 Å². The van der Waals surface area contributed by atoms with Crippen molar-refractivity contribution in [2.24, 2.45) is 5.73 Å². The molecule has 2 aromatic carbocycles. The van der Waals surface area contributed by atoms with Crippen molar-refractivity contribution in [3.63, 3.8) is 0 Å². The van der Waals surface area contributed by atoms with Crippen molar-refractivity contribution in [1.82, 2.24) is 0 Å². The van der Waals surface area contributed by atoms with E-state index in [1.165, 1.54) is 6.92 Å². The molecule has 0 fully saturated rings. The maximum atomic E-state index is 14.4. The molecule has 3 rings (SSSR count). The Kier molecular flexibility index (Phi) is 5.41. The molecule has 7 heteroatoms. The number of nitrogens with two attached hydrogens (primary N) is 1. The lowest BCUT2D eigenvalue weighted by Gasteiger charge is -2.17. The summed E-state index contributed by atoms with van der Waals surface area (Å²) in [6.07, 6.45) is 0. The standard InChI is InChI=1S/C21H16F2N2O3/c1-12-20(27-11-13-5-3-2-4-6-13)19(26)18(16(10-24)21(25)28-12)15-8-7-14(22)9-17(15)23/h2-9,18H,11,25H2,1H3. The van der Waals surface area contributed by atoms with Crippen LogP contribution in [0.1, 0.15) is 24.0 Å². The molecule has 0 amide bonds. The number of rotatable bonds is 4. The van der Waals surface area contributed by atoms with Crippen LogP contribution in [0.3, 0.4) is 0 Å². The molecule has 5 nitrogen and oxygen atoms in total. The van der Waals surface area contributed by atoms with Crippen LogP contribution in [0, 0.1) is 23.0 Å². The van der Waals surface area contributed by atoms with Gasteiger partial charge in [0.25, 0.3) is 0 Å². The number of allylic oxidation sites excluding steroid dienone is 3. The average Bonchev–Trinajstić information content (AvgIpc) is 2.75. The van der Waals surface area contributed by atoms with Crippen molar-refractivity contribution in [1.29, 1.82) is 5.26 Å². The molecule has 1 heterocycles. The van der Waals surface area contributed by atoms with Gasteiger partial charge in [-0.05, 0) is 18.6 Å². The molecule has 2 N–H and O–H groups in total. The second kappa shape index (κ2) is 7.92. The molecule has 0 radical (unpaired) electrons. The number of hydrogen-bond donors (Lipinski definition) is 1. The Hall–Kier alpha value is -3.66. The molecule has 1 atom stereocenters. The van der Waals surface area contributed by atoms with E-state index in [1.807, 2.05) is 30.3 Å². The fourth-order valence-electron chi connectivity index (χ4n) is 2.90. The normalized spacial score (nSPS) is 17.1. The molecule has 0 aromatic heterocycles. The lowest BCUT2D eigenvalue weighted by atomic mass is 9.87. The summed E-state index contributed by atoms with van der Waals surface area (Å²) in [5, 5.41) is 9.49. The second-order valence-electron chi connectivity index (χ2n) is 6.11. The summed E-state index contributed by atoms with van der Waals surface area (Å²) in [5.74, 6) is -4.34. The Morgan fingerprint density at radius 1 is 1.21 bits per heavy atom. The van der Waals surface area contributed by atoms with Gasteiger partial charge in [-0.1, -0.05) is 36.4 Å². The van der Waals surface area contributed by atoms with Crippen LogP contribution in [0.25, 0.3) is 0 Å². The van der Waals surface area contributed by atoms with Gasteiger partial charge >= 0.3 is 0 Å². The van der Waals surface area contributed by atoms with Gasteiger partial charge in [0, 0.05) is 11.6 Å². The Balaban J connectivity index is 2.03. The molecule has 142 valence electrons. The van der Waals surface area contributed by atoms with Crippen LogP contribution in [-0.2, 0) is 20.9 Å². The van der Waals surface area contributed by atoms with Gasteiger partial charge in [-0.3, -0.25) is 4.79 Å². The molecule has 1 aliphatic heterocycles. The van der Waals surface area contributed by atoms with Gasteiger partial charge in [-0.2, -0.15) is 5.26 Å². The predicted octanol–water partition coefficient (Wildman–Crippen LogP) is 3.79. The minimum absolute atomic E-state index is 0.0520. The monoisotopic (exact) mass is 382 g/mol. The first kappa shape index (κ1) is 19.1. The molecular weight excluding hydrogens is 366 g/mol. The second-order valence-corrected chi connectivity index (χ2v) is 6.11. The summed E-state index contributed by atoms with van der Waals surface area (Å²) in [5.41, 5.74) is 6.15. The highest BCUT2D eigenvalue weighted by molar-refractivity contribution is 6.02. The van der Waals surface area contributed by atoms with E-state index in [9.17, 15) is 18.8 Å². The van der Waals surface area contributed by atoms with Crippen molar-refractivity contribution >= 4 is 5.78 Å². The third kappa shape index (κ3) is 3.71. The van der Waals surface area contributed by atoms with Gasteiger partial charge in [-0.25, -0.2) is 8.78 Å². The largest absolute Gasteiger partial charge is 0.482 e. The molecular formula is C21H16F2N2O3. The molecule has 0 bridgehead atoms. The number of ketones is 1. The molecule has 2 aromatic rings. The summed E-state index contributed by atoms with van der Waals surface area (Å²) < 4.78 is 38.7. The maximum absolute atomic E-state index is 14.4. The number of halogens is 2. The summed E-state index contributed by atoms with van der Waals surface area (Å²) in [6.45, 7) is 1.52. The topological polar surface area (TPSA) is 85.3 Å². The van der Waals surface area contributed by atoms with Crippen molar-refractivity contribution in [3.05, 3.63) is 94.3 Å². The van der Waals surface area contributed by atoms with Crippen molar-refractivity contribution in [3.8, 4) is 6.07 Å². The zero-order chi connectivity index (χ0) is 20.3. The molecule has 0 spiro atoms. The Morgan fingerprint density at radius 2 is 1.93 bits per heavy atom. The molecule has 0 aliphatic carbocycles. The van der Waals surface area contributed by atoms with E-state index in [4.69, 9.17) is 15.2 Å². The van der Waals surface area contributed by atoms with Crippen molar-refractivity contribution in [2.75, 3.05) is 0 Å². The van der Waals surface area contributed by atoms with Gasteiger partial charge in [0.2, 0.25) is 17.4 Å². The first-order valence-corrected chi connectivity index (χ1v) is 8.36. The fourth-order valence-corrected chi connectivity index (χ4v) is 2.90. The molecule has 0 saturated heterocycles. The van der Waals surface area contributed by atoms with Gasteiger partial charge < -0.3 is 15.2 Å². The van der Waals surface area contributed by atoms with Gasteiger partial charge in [0.1, 0.15) is 35.6 Å². The number of benzene rings is 2. The minimum Gasteiger partial charge on any atom is -0.482 e. The number of Topliss-reactive ketones (excluding diaryl/α,β-unsaturated/α-hetero) is 1. The minimum atomic E-state index is -1.41. The smallest absolute Gasteiger partial charge is 0.213 e. The van der Waals surface area contributed by atoms with E-state index in [0.717, 1.165) is 17.7 Å². The highest BCUT2D eigenvalue weighted by atomic mass is 19.1. The van der Waals surface area contributed by atoms with Crippen LogP contribution in [-0.4, -0.2) is 5.78 Å². The van der Waals surface area contributed by atoms with Crippen LogP contribution in [0.2, 0.25) is 0 Å². The van der Waals surface area contributed by atoms with Crippen LogP contribution in [0.4, 0.5) is 8.78 Å². The molecule has 28 heavy (non-hydrogen) atoms. The Labute approximate surface area is 160 Å². The summed E-state index contributed by atoms with van der Waals surface area (Å²) in [4.78, 5) is 13.2. The lowest BCUT2D eigenvalue weighted by molar-refractivity contribution is -0.120. The molecule has 1 aliphatic rings. The van der Waals surface area contributed by atoms with Crippen molar-refractivity contribution < 1.29 is 23.0 Å². The van der Waals surface area contributed by atoms with Gasteiger partial charge in [0.05, 0.1) is 5.92 Å². The third-order valence-electron chi connectivity index (χ3n) is 4.24. The number of carbonyl (C=O) groups excluding carboxylic acids is 1. The molecule has 1 unspecified atom stereocenters. The van der Waals surface area contributed by atoms with Crippen molar-refractivity contribution in [2.45, 2.75) is 19.4 Å². The fraction of sp³-hybridized carbons (Fsp3) is 0.143. The number of ether oxygens (including phenoxy) is 2. The predicted molar refractivity (Wildman–Crippen MR) is 95.9 cm³/mol. The highest BCUT2D eigenvalue weighted by Gasteiger charge is 2.37.